The second-order valence-corrected chi connectivity index (χ2v) is 3.83. The molecule has 0 fully saturated rings. The minimum Gasteiger partial charge on any atom is -0.478 e. The Morgan fingerprint density at radius 3 is 2.55 bits per heavy atom. The molecule has 0 aromatic carbocycles. The van der Waals surface area contributed by atoms with E-state index in [4.69, 9.17) is 5.11 Å². The second-order valence-electron chi connectivity index (χ2n) is 3.83. The number of nitrogens with one attached hydrogen (secondary N) is 1. The molecule has 0 saturated carbocycles. The van der Waals surface area contributed by atoms with Crippen LogP contribution in [0.3, 0.4) is 0 Å². The Bertz CT molecular complexity index is 505. The summed E-state index contributed by atoms with van der Waals surface area (Å²) in [6.07, 6.45) is -2.30. The topological polar surface area (TPSA) is 82.5 Å². The molecule has 1 aromatic heterocycles. The summed E-state index contributed by atoms with van der Waals surface area (Å²) in [5.41, 5.74) is -0.169. The summed E-state index contributed by atoms with van der Waals surface area (Å²) in [5, 5.41) is 10.9. The third-order valence-corrected chi connectivity index (χ3v) is 2.28. The number of carboxylic acids is 1. The van der Waals surface area contributed by atoms with E-state index < -0.39 is 24.7 Å². The Morgan fingerprint density at radius 2 is 2.05 bits per heavy atom. The molecular weight excluding hydrogens is 279 g/mol. The highest BCUT2D eigenvalue weighted by Gasteiger charge is 2.32. The van der Waals surface area contributed by atoms with Crippen LogP contribution in [0.15, 0.2) is 18.5 Å². The van der Waals surface area contributed by atoms with E-state index in [1.165, 1.54) is 6.92 Å². The first-order valence-corrected chi connectivity index (χ1v) is 5.54. The summed E-state index contributed by atoms with van der Waals surface area (Å²) in [6, 6.07) is 0.128. The molecule has 0 aliphatic heterocycles. The summed E-state index contributed by atoms with van der Waals surface area (Å²) in [4.78, 5) is 26.5. The predicted molar refractivity (Wildman–Crippen MR) is 63.5 cm³/mol. The quantitative estimate of drug-likeness (QED) is 0.891. The third-order valence-electron chi connectivity index (χ3n) is 2.28. The number of aromatic carboxylic acids is 1. The maximum Gasteiger partial charge on any atom is 0.406 e. The zero-order valence-electron chi connectivity index (χ0n) is 10.4. The normalized spacial score (nSPS) is 11.0. The Hall–Kier alpha value is -2.32. The molecule has 1 aromatic rings. The number of aromatic nitrogens is 1. The molecule has 9 heteroatoms. The van der Waals surface area contributed by atoms with Crippen LogP contribution in [0.25, 0.3) is 0 Å². The van der Waals surface area contributed by atoms with Crippen LogP contribution in [0, 0.1) is 0 Å². The van der Waals surface area contributed by atoms with Gasteiger partial charge in [-0.1, -0.05) is 0 Å². The van der Waals surface area contributed by atoms with Crippen molar-refractivity contribution in [3.63, 3.8) is 0 Å². The molecule has 0 aliphatic rings. The van der Waals surface area contributed by atoms with Gasteiger partial charge in [0.15, 0.2) is 0 Å². The number of carboxylic acid groups (broad SMARTS) is 1. The number of urea groups is 1. The summed E-state index contributed by atoms with van der Waals surface area (Å²) in [5.74, 6) is -1.25. The Labute approximate surface area is 112 Å². The lowest BCUT2D eigenvalue weighted by Gasteiger charge is -2.22. The number of amides is 2. The molecule has 0 bridgehead atoms. The first-order valence-electron chi connectivity index (χ1n) is 5.54. The fourth-order valence-electron chi connectivity index (χ4n) is 1.37. The Morgan fingerprint density at radius 1 is 1.40 bits per heavy atom. The van der Waals surface area contributed by atoms with Crippen LogP contribution >= 0.6 is 0 Å². The number of nitrogens with zero attached hydrogens (tertiary/aromatic N) is 2. The number of anilines is 1. The molecule has 0 spiro atoms. The van der Waals surface area contributed by atoms with Crippen molar-refractivity contribution in [1.82, 2.24) is 9.88 Å². The van der Waals surface area contributed by atoms with E-state index in [-0.39, 0.29) is 17.8 Å². The van der Waals surface area contributed by atoms with Crippen molar-refractivity contribution in [3.05, 3.63) is 24.0 Å². The van der Waals surface area contributed by atoms with Gasteiger partial charge in [0.1, 0.15) is 6.54 Å². The molecule has 6 nitrogen and oxygen atoms in total. The number of carbonyl (C=O) groups excluding carboxylic acids is 1. The predicted octanol–water partition coefficient (Wildman–Crippen LogP) is 2.20. The number of hydrogen-bond donors (Lipinski definition) is 2. The molecule has 0 aliphatic carbocycles. The molecule has 0 unspecified atom stereocenters. The highest BCUT2D eigenvalue weighted by molar-refractivity contribution is 5.92. The Kier molecular flexibility index (Phi) is 4.89. The van der Waals surface area contributed by atoms with Crippen LogP contribution in [0.4, 0.5) is 23.7 Å². The van der Waals surface area contributed by atoms with Crippen LogP contribution in [-0.2, 0) is 0 Å². The van der Waals surface area contributed by atoms with Gasteiger partial charge in [0.05, 0.1) is 17.4 Å². The maximum absolute atomic E-state index is 12.3. The lowest BCUT2D eigenvalue weighted by atomic mass is 10.2. The molecule has 2 amide bonds. The molecular formula is C11H12F3N3O3. The molecule has 0 radical (unpaired) electrons. The summed E-state index contributed by atoms with van der Waals surface area (Å²) in [6.45, 7) is -0.129. The largest absolute Gasteiger partial charge is 0.478 e. The van der Waals surface area contributed by atoms with Gasteiger partial charge in [0.25, 0.3) is 0 Å². The first-order chi connectivity index (χ1) is 9.23. The van der Waals surface area contributed by atoms with E-state index in [0.29, 0.717) is 4.90 Å². The van der Waals surface area contributed by atoms with E-state index in [0.717, 1.165) is 18.5 Å². The minimum absolute atomic E-state index is 0.00974. The zero-order chi connectivity index (χ0) is 15.3. The number of halogens is 3. The van der Waals surface area contributed by atoms with E-state index in [1.807, 2.05) is 0 Å². The molecule has 0 saturated heterocycles. The number of hydrogen-bond acceptors (Lipinski definition) is 3. The molecule has 0 atom stereocenters. The van der Waals surface area contributed by atoms with Crippen LogP contribution in [0.1, 0.15) is 17.3 Å². The van der Waals surface area contributed by atoms with E-state index in [1.54, 1.807) is 0 Å². The van der Waals surface area contributed by atoms with Crippen LogP contribution in [0.2, 0.25) is 0 Å². The number of pyridine rings is 1. The van der Waals surface area contributed by atoms with Crippen molar-refractivity contribution in [3.8, 4) is 0 Å². The van der Waals surface area contributed by atoms with E-state index in [2.05, 4.69) is 10.3 Å². The minimum atomic E-state index is -4.51. The molecule has 1 heterocycles. The summed E-state index contributed by atoms with van der Waals surface area (Å²) >= 11 is 0. The Balaban J connectivity index is 2.78. The van der Waals surface area contributed by atoms with Crippen molar-refractivity contribution >= 4 is 17.7 Å². The maximum atomic E-state index is 12.3. The molecule has 20 heavy (non-hydrogen) atoms. The SMILES string of the molecule is CCN(CC(F)(F)F)C(=O)Nc1cncc(C(=O)O)c1. The van der Waals surface area contributed by atoms with Crippen molar-refractivity contribution in [2.75, 3.05) is 18.4 Å². The first kappa shape index (κ1) is 15.7. The number of rotatable bonds is 4. The van der Waals surface area contributed by atoms with Gasteiger partial charge >= 0.3 is 18.2 Å². The van der Waals surface area contributed by atoms with Crippen molar-refractivity contribution in [1.29, 1.82) is 0 Å². The van der Waals surface area contributed by atoms with Gasteiger partial charge in [-0.25, -0.2) is 9.59 Å². The monoisotopic (exact) mass is 291 g/mol. The lowest BCUT2D eigenvalue weighted by molar-refractivity contribution is -0.139. The fourth-order valence-corrected chi connectivity index (χ4v) is 1.37. The second kappa shape index (κ2) is 6.22. The summed E-state index contributed by atoms with van der Waals surface area (Å²) in [7, 11) is 0. The lowest BCUT2D eigenvalue weighted by Crippen LogP contribution is -2.41. The molecule has 1 rings (SSSR count). The van der Waals surface area contributed by atoms with Gasteiger partial charge in [-0.15, -0.1) is 0 Å². The van der Waals surface area contributed by atoms with Gasteiger partial charge in [-0.05, 0) is 13.0 Å². The van der Waals surface area contributed by atoms with Gasteiger partial charge in [0.2, 0.25) is 0 Å². The van der Waals surface area contributed by atoms with Gasteiger partial charge in [0, 0.05) is 12.7 Å². The zero-order valence-corrected chi connectivity index (χ0v) is 10.4. The standard InChI is InChI=1S/C11H12F3N3O3/c1-2-17(6-11(12,13)14)10(20)16-8-3-7(9(18)19)4-15-5-8/h3-5H,2,6H2,1H3,(H,16,20)(H,18,19). The molecule has 2 N–H and O–H groups in total. The van der Waals surface area contributed by atoms with Gasteiger partial charge in [-0.3, -0.25) is 4.98 Å². The van der Waals surface area contributed by atoms with Gasteiger partial charge < -0.3 is 15.3 Å². The smallest absolute Gasteiger partial charge is 0.406 e. The van der Waals surface area contributed by atoms with E-state index >= 15 is 0 Å². The van der Waals surface area contributed by atoms with Crippen molar-refractivity contribution in [2.24, 2.45) is 0 Å². The van der Waals surface area contributed by atoms with Crippen LogP contribution in [0.5, 0.6) is 0 Å². The average molecular weight is 291 g/mol. The number of alkyl halides is 3. The van der Waals surface area contributed by atoms with Crippen LogP contribution < -0.4 is 5.32 Å². The molecule has 110 valence electrons. The average Bonchev–Trinajstić information content (AvgIpc) is 2.35. The van der Waals surface area contributed by atoms with E-state index in [9.17, 15) is 22.8 Å². The third kappa shape index (κ3) is 4.75. The highest BCUT2D eigenvalue weighted by atomic mass is 19.4. The van der Waals surface area contributed by atoms with Crippen molar-refractivity contribution < 1.29 is 27.9 Å². The fraction of sp³-hybridized carbons (Fsp3) is 0.364. The van der Waals surface area contributed by atoms with Crippen LogP contribution in [-0.4, -0.2) is 46.3 Å². The number of carbonyl (C=O) groups is 2. The summed E-state index contributed by atoms with van der Waals surface area (Å²) < 4.78 is 36.8. The van der Waals surface area contributed by atoms with Crippen molar-refractivity contribution in [2.45, 2.75) is 13.1 Å². The van der Waals surface area contributed by atoms with Gasteiger partial charge in [-0.2, -0.15) is 13.2 Å². The highest BCUT2D eigenvalue weighted by Crippen LogP contribution is 2.17.